The lowest BCUT2D eigenvalue weighted by Crippen LogP contribution is -2.32. The van der Waals surface area contributed by atoms with Crippen LogP contribution in [0.1, 0.15) is 33.6 Å². The summed E-state index contributed by atoms with van der Waals surface area (Å²) in [6.45, 7) is 0. The van der Waals surface area contributed by atoms with Gasteiger partial charge in [0.25, 0.3) is 15.9 Å². The standard InChI is InChI=1S/C23H24FN5O4S/c1-28(2)23(31)20-13-22(26-29(20)3)34(32,33)27-21(30)12-18-15-5-4-6-16(15)19(24)11-17(18)14-7-9-25-10-8-14/h7-11,13H,4-6,12H2,1-3H3,(H,27,30). The number of benzene rings is 1. The van der Waals surface area contributed by atoms with Crippen molar-refractivity contribution in [2.45, 2.75) is 30.7 Å². The summed E-state index contributed by atoms with van der Waals surface area (Å²) in [7, 11) is 0.187. The number of nitrogens with one attached hydrogen (secondary N) is 1. The Labute approximate surface area is 196 Å². The Morgan fingerprint density at radius 3 is 2.50 bits per heavy atom. The van der Waals surface area contributed by atoms with E-state index in [1.807, 2.05) is 4.72 Å². The van der Waals surface area contributed by atoms with Gasteiger partial charge in [-0.05, 0) is 65.3 Å². The first-order valence-corrected chi connectivity index (χ1v) is 12.1. The summed E-state index contributed by atoms with van der Waals surface area (Å²) >= 11 is 0. The van der Waals surface area contributed by atoms with Gasteiger partial charge in [-0.1, -0.05) is 0 Å². The maximum atomic E-state index is 14.8. The fourth-order valence-electron chi connectivity index (χ4n) is 4.20. The monoisotopic (exact) mass is 485 g/mol. The number of aromatic nitrogens is 3. The van der Waals surface area contributed by atoms with Crippen LogP contribution < -0.4 is 4.72 Å². The number of aryl methyl sites for hydroxylation is 1. The first kappa shape index (κ1) is 23.6. The number of hydrogen-bond acceptors (Lipinski definition) is 6. The second-order valence-electron chi connectivity index (χ2n) is 8.33. The SMILES string of the molecule is CN(C)C(=O)c1cc(S(=O)(=O)NC(=O)Cc2c(-c3ccncc3)cc(F)c3c2CCC3)nn1C. The highest BCUT2D eigenvalue weighted by atomic mass is 32.2. The molecular formula is C23H24FN5O4S. The van der Waals surface area contributed by atoms with Gasteiger partial charge in [0, 0.05) is 39.6 Å². The van der Waals surface area contributed by atoms with E-state index in [-0.39, 0.29) is 17.9 Å². The third-order valence-electron chi connectivity index (χ3n) is 5.80. The second-order valence-corrected chi connectivity index (χ2v) is 9.96. The predicted octanol–water partition coefficient (Wildman–Crippen LogP) is 1.86. The molecule has 2 aromatic heterocycles. The van der Waals surface area contributed by atoms with Crippen LogP contribution in [0.4, 0.5) is 4.39 Å². The Kier molecular flexibility index (Phi) is 6.22. The smallest absolute Gasteiger partial charge is 0.283 e. The summed E-state index contributed by atoms with van der Waals surface area (Å²) in [6.07, 6.45) is 4.83. The molecule has 1 N–H and O–H groups in total. The number of nitrogens with zero attached hydrogens (tertiary/aromatic N) is 4. The Morgan fingerprint density at radius 2 is 1.82 bits per heavy atom. The number of amides is 2. The summed E-state index contributed by atoms with van der Waals surface area (Å²) in [5.74, 6) is -1.53. The van der Waals surface area contributed by atoms with Gasteiger partial charge in [-0.15, -0.1) is 0 Å². The third-order valence-corrected chi connectivity index (χ3v) is 7.05. The molecule has 4 rings (SSSR count). The average molecular weight is 486 g/mol. The molecule has 2 amide bonds. The minimum Gasteiger partial charge on any atom is -0.343 e. The van der Waals surface area contributed by atoms with Crippen molar-refractivity contribution in [2.24, 2.45) is 7.05 Å². The van der Waals surface area contributed by atoms with Gasteiger partial charge >= 0.3 is 0 Å². The van der Waals surface area contributed by atoms with Gasteiger partial charge in [-0.25, -0.2) is 9.11 Å². The maximum Gasteiger partial charge on any atom is 0.283 e. The highest BCUT2D eigenvalue weighted by Crippen LogP contribution is 2.35. The van der Waals surface area contributed by atoms with E-state index in [4.69, 9.17) is 0 Å². The van der Waals surface area contributed by atoms with Gasteiger partial charge in [0.15, 0.2) is 5.03 Å². The fourth-order valence-corrected chi connectivity index (χ4v) is 5.17. The molecule has 0 spiro atoms. The molecule has 11 heteroatoms. The molecule has 0 atom stereocenters. The molecule has 1 aliphatic rings. The van der Waals surface area contributed by atoms with Crippen molar-refractivity contribution in [1.82, 2.24) is 24.4 Å². The van der Waals surface area contributed by atoms with Crippen LogP contribution in [0.25, 0.3) is 11.1 Å². The van der Waals surface area contributed by atoms with Crippen LogP contribution in [0, 0.1) is 5.82 Å². The third kappa shape index (κ3) is 4.43. The highest BCUT2D eigenvalue weighted by molar-refractivity contribution is 7.90. The topological polar surface area (TPSA) is 114 Å². The maximum absolute atomic E-state index is 14.8. The number of halogens is 1. The van der Waals surface area contributed by atoms with Crippen molar-refractivity contribution in [3.05, 3.63) is 64.9 Å². The lowest BCUT2D eigenvalue weighted by atomic mass is 9.91. The zero-order valence-electron chi connectivity index (χ0n) is 19.0. The van der Waals surface area contributed by atoms with E-state index in [1.165, 1.54) is 32.1 Å². The van der Waals surface area contributed by atoms with Gasteiger partial charge in [0.05, 0.1) is 6.42 Å². The molecular weight excluding hydrogens is 461 g/mol. The summed E-state index contributed by atoms with van der Waals surface area (Å²) in [5.41, 5.74) is 3.19. The van der Waals surface area contributed by atoms with Crippen molar-refractivity contribution in [3.8, 4) is 11.1 Å². The van der Waals surface area contributed by atoms with E-state index in [2.05, 4.69) is 10.1 Å². The van der Waals surface area contributed by atoms with Gasteiger partial charge in [0.1, 0.15) is 11.5 Å². The molecule has 2 heterocycles. The number of fused-ring (bicyclic) bond motifs is 1. The zero-order valence-corrected chi connectivity index (χ0v) is 19.8. The van der Waals surface area contributed by atoms with E-state index < -0.39 is 26.9 Å². The van der Waals surface area contributed by atoms with E-state index in [1.54, 1.807) is 24.5 Å². The Morgan fingerprint density at radius 1 is 1.15 bits per heavy atom. The number of pyridine rings is 1. The largest absolute Gasteiger partial charge is 0.343 e. The Balaban J connectivity index is 1.65. The molecule has 178 valence electrons. The van der Waals surface area contributed by atoms with Crippen LogP contribution in [0.2, 0.25) is 0 Å². The number of carbonyl (C=O) groups excluding carboxylic acids is 2. The minimum absolute atomic E-state index is 0.0640. The molecule has 0 bridgehead atoms. The lowest BCUT2D eigenvalue weighted by Gasteiger charge is -2.16. The number of hydrogen-bond donors (Lipinski definition) is 1. The molecule has 0 unspecified atom stereocenters. The van der Waals surface area contributed by atoms with Gasteiger partial charge in [-0.2, -0.15) is 13.5 Å². The van der Waals surface area contributed by atoms with E-state index in [0.29, 0.717) is 35.1 Å². The summed E-state index contributed by atoms with van der Waals surface area (Å²) in [5, 5.41) is 3.45. The van der Waals surface area contributed by atoms with E-state index in [0.717, 1.165) is 22.7 Å². The zero-order chi connectivity index (χ0) is 24.6. The fraction of sp³-hybridized carbons (Fsp3) is 0.304. The molecule has 3 aromatic rings. The Hall–Kier alpha value is -3.60. The van der Waals surface area contributed by atoms with Crippen LogP contribution in [0.15, 0.2) is 41.7 Å². The summed E-state index contributed by atoms with van der Waals surface area (Å²) in [4.78, 5) is 30.4. The van der Waals surface area contributed by atoms with Gasteiger partial charge in [0.2, 0.25) is 5.91 Å². The van der Waals surface area contributed by atoms with E-state index >= 15 is 0 Å². The Bertz CT molecular complexity index is 1380. The molecule has 1 aromatic carbocycles. The van der Waals surface area contributed by atoms with Crippen molar-refractivity contribution < 1.29 is 22.4 Å². The molecule has 0 saturated carbocycles. The van der Waals surface area contributed by atoms with E-state index in [9.17, 15) is 22.4 Å². The van der Waals surface area contributed by atoms with Crippen LogP contribution in [0.5, 0.6) is 0 Å². The molecule has 0 fully saturated rings. The van der Waals surface area contributed by atoms with Crippen LogP contribution in [-0.2, 0) is 41.1 Å². The summed E-state index contributed by atoms with van der Waals surface area (Å²) in [6, 6.07) is 5.95. The normalized spacial score (nSPS) is 12.9. The number of carbonyl (C=O) groups is 2. The first-order chi connectivity index (χ1) is 16.1. The molecule has 0 saturated heterocycles. The second kappa shape index (κ2) is 8.98. The minimum atomic E-state index is -4.33. The predicted molar refractivity (Wildman–Crippen MR) is 122 cm³/mol. The lowest BCUT2D eigenvalue weighted by molar-refractivity contribution is -0.118. The molecule has 34 heavy (non-hydrogen) atoms. The number of sulfonamides is 1. The quantitative estimate of drug-likeness (QED) is 0.570. The molecule has 0 aliphatic heterocycles. The van der Waals surface area contributed by atoms with Crippen LogP contribution in [0.3, 0.4) is 0 Å². The molecule has 1 aliphatic carbocycles. The van der Waals surface area contributed by atoms with Crippen LogP contribution in [-0.4, -0.2) is 54.0 Å². The van der Waals surface area contributed by atoms with Crippen LogP contribution >= 0.6 is 0 Å². The van der Waals surface area contributed by atoms with Crippen molar-refractivity contribution in [2.75, 3.05) is 14.1 Å². The molecule has 9 nitrogen and oxygen atoms in total. The van der Waals surface area contributed by atoms with Gasteiger partial charge in [-0.3, -0.25) is 19.3 Å². The summed E-state index contributed by atoms with van der Waals surface area (Å²) < 4.78 is 43.6. The molecule has 0 radical (unpaired) electrons. The number of rotatable bonds is 6. The average Bonchev–Trinajstić information content (AvgIpc) is 3.43. The van der Waals surface area contributed by atoms with Crippen molar-refractivity contribution in [1.29, 1.82) is 0 Å². The van der Waals surface area contributed by atoms with Crippen molar-refractivity contribution in [3.63, 3.8) is 0 Å². The van der Waals surface area contributed by atoms with Gasteiger partial charge < -0.3 is 4.90 Å². The first-order valence-electron chi connectivity index (χ1n) is 10.6. The highest BCUT2D eigenvalue weighted by Gasteiger charge is 2.28. The van der Waals surface area contributed by atoms with Crippen molar-refractivity contribution >= 4 is 21.8 Å².